The molecule has 1 aromatic carbocycles. The Labute approximate surface area is 92.6 Å². The fourth-order valence-corrected chi connectivity index (χ4v) is 1.74. The van der Waals surface area contributed by atoms with Crippen LogP contribution >= 0.6 is 15.9 Å². The summed E-state index contributed by atoms with van der Waals surface area (Å²) >= 11 is 3.30. The summed E-state index contributed by atoms with van der Waals surface area (Å²) in [6, 6.07) is 5.76. The van der Waals surface area contributed by atoms with E-state index in [4.69, 9.17) is 5.73 Å². The normalized spacial score (nSPS) is 10.1. The number of carbonyl (C=O) groups excluding carboxylic acids is 1. The van der Waals surface area contributed by atoms with Gasteiger partial charge in [0.1, 0.15) is 0 Å². The Bertz CT molecular complexity index is 336. The number of rotatable bonds is 4. The van der Waals surface area contributed by atoms with Crippen LogP contribution in [0.5, 0.6) is 0 Å². The van der Waals surface area contributed by atoms with Gasteiger partial charge in [-0.2, -0.15) is 0 Å². The summed E-state index contributed by atoms with van der Waals surface area (Å²) in [6.45, 7) is 2.15. The summed E-state index contributed by atoms with van der Waals surface area (Å²) < 4.78 is 0.769. The van der Waals surface area contributed by atoms with Gasteiger partial charge < -0.3 is 5.73 Å². The SMILES string of the molecule is CCCCc1ccc(Br)c(C(N)=O)c1. The molecule has 0 saturated heterocycles. The van der Waals surface area contributed by atoms with Crippen LogP contribution in [0.4, 0.5) is 0 Å². The Morgan fingerprint density at radius 3 is 2.79 bits per heavy atom. The number of hydrogen-bond donors (Lipinski definition) is 1. The van der Waals surface area contributed by atoms with Crippen LogP contribution in [0.2, 0.25) is 0 Å². The Morgan fingerprint density at radius 2 is 2.21 bits per heavy atom. The average molecular weight is 256 g/mol. The van der Waals surface area contributed by atoms with Crippen LogP contribution in [0.25, 0.3) is 0 Å². The number of carbonyl (C=O) groups is 1. The van der Waals surface area contributed by atoms with Crippen LogP contribution in [-0.2, 0) is 6.42 Å². The molecule has 0 aliphatic carbocycles. The van der Waals surface area contributed by atoms with Gasteiger partial charge in [-0.05, 0) is 46.5 Å². The van der Waals surface area contributed by atoms with Crippen LogP contribution in [0.15, 0.2) is 22.7 Å². The predicted molar refractivity (Wildman–Crippen MR) is 61.3 cm³/mol. The summed E-state index contributed by atoms with van der Waals surface area (Å²) in [5.41, 5.74) is 6.98. The molecule has 0 radical (unpaired) electrons. The first-order valence-corrected chi connectivity index (χ1v) is 5.52. The molecule has 1 aromatic rings. The summed E-state index contributed by atoms with van der Waals surface area (Å²) in [7, 11) is 0. The second-order valence-electron chi connectivity index (χ2n) is 3.28. The lowest BCUT2D eigenvalue weighted by atomic mass is 10.1. The van der Waals surface area contributed by atoms with Gasteiger partial charge in [0.15, 0.2) is 0 Å². The Kier molecular flexibility index (Phi) is 4.14. The molecular weight excluding hydrogens is 242 g/mol. The number of hydrogen-bond acceptors (Lipinski definition) is 1. The molecule has 0 spiro atoms. The number of benzene rings is 1. The van der Waals surface area contributed by atoms with Crippen molar-refractivity contribution in [3.63, 3.8) is 0 Å². The monoisotopic (exact) mass is 255 g/mol. The molecule has 0 aliphatic heterocycles. The minimum atomic E-state index is -0.379. The van der Waals surface area contributed by atoms with E-state index >= 15 is 0 Å². The van der Waals surface area contributed by atoms with Gasteiger partial charge in [-0.25, -0.2) is 0 Å². The lowest BCUT2D eigenvalue weighted by Gasteiger charge is -2.04. The lowest BCUT2D eigenvalue weighted by molar-refractivity contribution is 0.0999. The quantitative estimate of drug-likeness (QED) is 0.884. The fraction of sp³-hybridized carbons (Fsp3) is 0.364. The van der Waals surface area contributed by atoms with E-state index in [1.165, 1.54) is 5.56 Å². The maximum atomic E-state index is 11.0. The van der Waals surface area contributed by atoms with Crippen LogP contribution in [-0.4, -0.2) is 5.91 Å². The highest BCUT2D eigenvalue weighted by atomic mass is 79.9. The summed E-state index contributed by atoms with van der Waals surface area (Å²) in [6.07, 6.45) is 3.30. The molecule has 2 N–H and O–H groups in total. The van der Waals surface area contributed by atoms with Crippen LogP contribution in [0.1, 0.15) is 35.7 Å². The second kappa shape index (κ2) is 5.15. The Balaban J connectivity index is 2.89. The van der Waals surface area contributed by atoms with E-state index in [2.05, 4.69) is 22.9 Å². The number of halogens is 1. The first kappa shape index (κ1) is 11.2. The number of amides is 1. The van der Waals surface area contributed by atoms with E-state index in [0.717, 1.165) is 23.7 Å². The van der Waals surface area contributed by atoms with Crippen molar-refractivity contribution in [2.24, 2.45) is 5.73 Å². The predicted octanol–water partition coefficient (Wildman–Crippen LogP) is 2.89. The molecule has 1 amide bonds. The van der Waals surface area contributed by atoms with Crippen LogP contribution in [0.3, 0.4) is 0 Å². The van der Waals surface area contributed by atoms with Gasteiger partial charge in [-0.1, -0.05) is 19.4 Å². The molecule has 3 heteroatoms. The van der Waals surface area contributed by atoms with Crippen molar-refractivity contribution in [3.05, 3.63) is 33.8 Å². The van der Waals surface area contributed by atoms with E-state index in [9.17, 15) is 4.79 Å². The van der Waals surface area contributed by atoms with E-state index in [1.807, 2.05) is 18.2 Å². The lowest BCUT2D eigenvalue weighted by Crippen LogP contribution is -2.12. The van der Waals surface area contributed by atoms with Gasteiger partial charge in [0.05, 0.1) is 5.56 Å². The third-order valence-electron chi connectivity index (χ3n) is 2.12. The molecule has 14 heavy (non-hydrogen) atoms. The first-order chi connectivity index (χ1) is 6.65. The molecule has 0 atom stereocenters. The number of aryl methyl sites for hydroxylation is 1. The van der Waals surface area contributed by atoms with Crippen molar-refractivity contribution >= 4 is 21.8 Å². The largest absolute Gasteiger partial charge is 0.366 e. The highest BCUT2D eigenvalue weighted by Crippen LogP contribution is 2.18. The van der Waals surface area contributed by atoms with Gasteiger partial charge in [-0.15, -0.1) is 0 Å². The zero-order valence-electron chi connectivity index (χ0n) is 8.22. The average Bonchev–Trinajstić information content (AvgIpc) is 2.16. The third-order valence-corrected chi connectivity index (χ3v) is 2.81. The molecule has 76 valence electrons. The van der Waals surface area contributed by atoms with Crippen molar-refractivity contribution in [3.8, 4) is 0 Å². The highest BCUT2D eigenvalue weighted by Gasteiger charge is 2.06. The zero-order chi connectivity index (χ0) is 10.6. The minimum absolute atomic E-state index is 0.379. The number of nitrogens with two attached hydrogens (primary N) is 1. The molecule has 0 heterocycles. The minimum Gasteiger partial charge on any atom is -0.366 e. The standard InChI is InChI=1S/C11H14BrNO/c1-2-3-4-8-5-6-10(12)9(7-8)11(13)14/h5-7H,2-4H2,1H3,(H2,13,14). The number of primary amides is 1. The fourth-order valence-electron chi connectivity index (χ4n) is 1.30. The molecule has 2 nitrogen and oxygen atoms in total. The van der Waals surface area contributed by atoms with E-state index in [0.29, 0.717) is 5.56 Å². The first-order valence-electron chi connectivity index (χ1n) is 4.73. The smallest absolute Gasteiger partial charge is 0.249 e. The van der Waals surface area contributed by atoms with Gasteiger partial charge in [0, 0.05) is 4.47 Å². The topological polar surface area (TPSA) is 43.1 Å². The summed E-state index contributed by atoms with van der Waals surface area (Å²) in [5.74, 6) is -0.379. The van der Waals surface area contributed by atoms with Gasteiger partial charge in [0.25, 0.3) is 0 Å². The zero-order valence-corrected chi connectivity index (χ0v) is 9.80. The molecule has 0 aromatic heterocycles. The molecule has 0 bridgehead atoms. The molecule has 0 saturated carbocycles. The second-order valence-corrected chi connectivity index (χ2v) is 4.14. The maximum Gasteiger partial charge on any atom is 0.249 e. The number of unbranched alkanes of at least 4 members (excludes halogenated alkanes) is 1. The summed E-state index contributed by atoms with van der Waals surface area (Å²) in [4.78, 5) is 11.0. The van der Waals surface area contributed by atoms with Gasteiger partial charge >= 0.3 is 0 Å². The van der Waals surface area contributed by atoms with Crippen molar-refractivity contribution in [1.82, 2.24) is 0 Å². The van der Waals surface area contributed by atoms with E-state index in [1.54, 1.807) is 0 Å². The van der Waals surface area contributed by atoms with Crippen molar-refractivity contribution < 1.29 is 4.79 Å². The molecule has 0 unspecified atom stereocenters. The third kappa shape index (κ3) is 2.84. The van der Waals surface area contributed by atoms with Gasteiger partial charge in [0.2, 0.25) is 5.91 Å². The van der Waals surface area contributed by atoms with Crippen molar-refractivity contribution in [2.75, 3.05) is 0 Å². The maximum absolute atomic E-state index is 11.0. The van der Waals surface area contributed by atoms with E-state index < -0.39 is 0 Å². The van der Waals surface area contributed by atoms with Crippen LogP contribution in [0, 0.1) is 0 Å². The molecule has 1 rings (SSSR count). The summed E-state index contributed by atoms with van der Waals surface area (Å²) in [5, 5.41) is 0. The Morgan fingerprint density at radius 1 is 1.50 bits per heavy atom. The van der Waals surface area contributed by atoms with Gasteiger partial charge in [-0.3, -0.25) is 4.79 Å². The van der Waals surface area contributed by atoms with Crippen LogP contribution < -0.4 is 5.73 Å². The highest BCUT2D eigenvalue weighted by molar-refractivity contribution is 9.10. The molecular formula is C11H14BrNO. The van der Waals surface area contributed by atoms with Crippen molar-refractivity contribution in [1.29, 1.82) is 0 Å². The molecule has 0 fully saturated rings. The molecule has 0 aliphatic rings. The van der Waals surface area contributed by atoms with Crippen molar-refractivity contribution in [2.45, 2.75) is 26.2 Å². The van der Waals surface area contributed by atoms with E-state index in [-0.39, 0.29) is 5.91 Å². The Hall–Kier alpha value is -0.830.